The fraction of sp³-hybridized carbons (Fsp3) is 0.778. The number of Topliss-reactive ketones (excluding diaryl/α,β-unsaturated/α-hetero) is 1. The Kier molecular flexibility index (Phi) is 5.63. The maximum absolute atomic E-state index is 12.6. The highest BCUT2D eigenvalue weighted by Crippen LogP contribution is 2.23. The SMILES string of the molecule is CC(C)(NCC1CCOCC1)C(=O)Cc1cc(C(C)(C)C)on1. The van der Waals surface area contributed by atoms with Crippen LogP contribution in [-0.2, 0) is 21.4 Å². The van der Waals surface area contributed by atoms with Crippen molar-refractivity contribution in [1.29, 1.82) is 0 Å². The third-order valence-corrected chi connectivity index (χ3v) is 4.51. The van der Waals surface area contributed by atoms with Gasteiger partial charge in [0, 0.05) is 24.7 Å². The van der Waals surface area contributed by atoms with Gasteiger partial charge in [-0.05, 0) is 39.2 Å². The molecule has 0 aliphatic carbocycles. The lowest BCUT2D eigenvalue weighted by molar-refractivity contribution is -0.123. The van der Waals surface area contributed by atoms with Crippen LogP contribution in [0.4, 0.5) is 0 Å². The Morgan fingerprint density at radius 2 is 1.91 bits per heavy atom. The normalized spacial score (nSPS) is 17.4. The van der Waals surface area contributed by atoms with Crippen molar-refractivity contribution in [2.75, 3.05) is 19.8 Å². The van der Waals surface area contributed by atoms with E-state index in [1.807, 2.05) is 19.9 Å². The van der Waals surface area contributed by atoms with E-state index in [4.69, 9.17) is 9.26 Å². The number of ketones is 1. The number of rotatable bonds is 6. The van der Waals surface area contributed by atoms with Gasteiger partial charge in [0.05, 0.1) is 17.7 Å². The van der Waals surface area contributed by atoms with Crippen LogP contribution in [0.25, 0.3) is 0 Å². The maximum Gasteiger partial charge on any atom is 0.158 e. The lowest BCUT2D eigenvalue weighted by Gasteiger charge is -2.29. The molecule has 1 aliphatic heterocycles. The number of nitrogens with one attached hydrogen (secondary N) is 1. The van der Waals surface area contributed by atoms with E-state index in [9.17, 15) is 4.79 Å². The van der Waals surface area contributed by atoms with Crippen molar-refractivity contribution in [2.24, 2.45) is 5.92 Å². The highest BCUT2D eigenvalue weighted by atomic mass is 16.5. The Morgan fingerprint density at radius 3 is 2.48 bits per heavy atom. The van der Waals surface area contributed by atoms with Crippen molar-refractivity contribution in [3.05, 3.63) is 17.5 Å². The standard InChI is InChI=1S/C18H30N2O3/c1-17(2,3)16-11-14(20-23-16)10-15(21)18(4,5)19-12-13-6-8-22-9-7-13/h11,13,19H,6-10,12H2,1-5H3. The summed E-state index contributed by atoms with van der Waals surface area (Å²) >= 11 is 0. The van der Waals surface area contributed by atoms with Gasteiger partial charge in [-0.2, -0.15) is 0 Å². The molecule has 2 rings (SSSR count). The van der Waals surface area contributed by atoms with E-state index in [0.29, 0.717) is 18.0 Å². The van der Waals surface area contributed by atoms with Crippen LogP contribution < -0.4 is 5.32 Å². The van der Waals surface area contributed by atoms with Gasteiger partial charge < -0.3 is 14.6 Å². The Morgan fingerprint density at radius 1 is 1.26 bits per heavy atom. The second-order valence-corrected chi connectivity index (χ2v) is 8.09. The summed E-state index contributed by atoms with van der Waals surface area (Å²) in [5.41, 5.74) is 0.0606. The first-order chi connectivity index (χ1) is 10.7. The summed E-state index contributed by atoms with van der Waals surface area (Å²) < 4.78 is 10.7. The molecule has 130 valence electrons. The molecule has 1 fully saturated rings. The van der Waals surface area contributed by atoms with Gasteiger partial charge in [-0.3, -0.25) is 4.79 Å². The molecule has 2 heterocycles. The number of ether oxygens (including phenoxy) is 1. The molecule has 0 aromatic carbocycles. The van der Waals surface area contributed by atoms with Gasteiger partial charge in [0.25, 0.3) is 0 Å². The first-order valence-electron chi connectivity index (χ1n) is 8.50. The zero-order valence-corrected chi connectivity index (χ0v) is 15.1. The molecule has 1 aromatic rings. The predicted molar refractivity (Wildman–Crippen MR) is 89.5 cm³/mol. The molecule has 1 saturated heterocycles. The molecule has 0 bridgehead atoms. The maximum atomic E-state index is 12.6. The van der Waals surface area contributed by atoms with Crippen molar-refractivity contribution >= 4 is 5.78 Å². The van der Waals surface area contributed by atoms with Crippen LogP contribution in [0.5, 0.6) is 0 Å². The summed E-state index contributed by atoms with van der Waals surface area (Å²) in [6, 6.07) is 1.90. The fourth-order valence-corrected chi connectivity index (χ4v) is 2.58. The number of aromatic nitrogens is 1. The molecule has 5 heteroatoms. The molecule has 0 saturated carbocycles. The largest absolute Gasteiger partial charge is 0.381 e. The Bertz CT molecular complexity index is 523. The van der Waals surface area contributed by atoms with E-state index < -0.39 is 5.54 Å². The van der Waals surface area contributed by atoms with Gasteiger partial charge in [-0.15, -0.1) is 0 Å². The molecule has 1 aliphatic rings. The summed E-state index contributed by atoms with van der Waals surface area (Å²) in [7, 11) is 0. The molecular weight excluding hydrogens is 292 g/mol. The Hall–Kier alpha value is -1.20. The van der Waals surface area contributed by atoms with E-state index in [2.05, 4.69) is 31.2 Å². The summed E-state index contributed by atoms with van der Waals surface area (Å²) in [6.07, 6.45) is 2.43. The Labute approximate surface area is 139 Å². The average Bonchev–Trinajstić information content (AvgIpc) is 2.95. The third kappa shape index (κ3) is 5.15. The number of carbonyl (C=O) groups is 1. The van der Waals surface area contributed by atoms with Crippen molar-refractivity contribution in [3.63, 3.8) is 0 Å². The van der Waals surface area contributed by atoms with Gasteiger partial charge in [0.2, 0.25) is 0 Å². The van der Waals surface area contributed by atoms with Crippen LogP contribution in [0, 0.1) is 5.92 Å². The average molecular weight is 322 g/mol. The summed E-state index contributed by atoms with van der Waals surface area (Å²) in [4.78, 5) is 12.6. The smallest absolute Gasteiger partial charge is 0.158 e. The summed E-state index contributed by atoms with van der Waals surface area (Å²) in [6.45, 7) is 12.6. The molecular formula is C18H30N2O3. The van der Waals surface area contributed by atoms with Gasteiger partial charge in [0.1, 0.15) is 5.76 Å². The van der Waals surface area contributed by atoms with Crippen LogP contribution in [0.1, 0.15) is 58.9 Å². The highest BCUT2D eigenvalue weighted by molar-refractivity contribution is 5.89. The zero-order valence-electron chi connectivity index (χ0n) is 15.1. The molecule has 0 amide bonds. The van der Waals surface area contributed by atoms with Gasteiger partial charge >= 0.3 is 0 Å². The van der Waals surface area contributed by atoms with Crippen molar-refractivity contribution < 1.29 is 14.1 Å². The molecule has 0 spiro atoms. The van der Waals surface area contributed by atoms with E-state index in [1.54, 1.807) is 0 Å². The molecule has 1 N–H and O–H groups in total. The lowest BCUT2D eigenvalue weighted by Crippen LogP contribution is -2.49. The van der Waals surface area contributed by atoms with Gasteiger partial charge in [-0.1, -0.05) is 25.9 Å². The Balaban J connectivity index is 1.88. The van der Waals surface area contributed by atoms with E-state index >= 15 is 0 Å². The van der Waals surface area contributed by atoms with E-state index in [-0.39, 0.29) is 11.2 Å². The fourth-order valence-electron chi connectivity index (χ4n) is 2.58. The topological polar surface area (TPSA) is 64.4 Å². The highest BCUT2D eigenvalue weighted by Gasteiger charge is 2.29. The minimum atomic E-state index is -0.556. The summed E-state index contributed by atoms with van der Waals surface area (Å²) in [5.74, 6) is 1.54. The monoisotopic (exact) mass is 322 g/mol. The molecule has 0 radical (unpaired) electrons. The van der Waals surface area contributed by atoms with Crippen molar-refractivity contribution in [1.82, 2.24) is 10.5 Å². The van der Waals surface area contributed by atoms with Crippen LogP contribution >= 0.6 is 0 Å². The predicted octanol–water partition coefficient (Wildman–Crippen LogP) is 2.88. The van der Waals surface area contributed by atoms with Crippen LogP contribution in [-0.4, -0.2) is 36.2 Å². The number of carbonyl (C=O) groups excluding carboxylic acids is 1. The second kappa shape index (κ2) is 7.14. The van der Waals surface area contributed by atoms with Crippen LogP contribution in [0.3, 0.4) is 0 Å². The quantitative estimate of drug-likeness (QED) is 0.872. The van der Waals surface area contributed by atoms with Crippen LogP contribution in [0.2, 0.25) is 0 Å². The summed E-state index contributed by atoms with van der Waals surface area (Å²) in [5, 5.41) is 7.47. The van der Waals surface area contributed by atoms with Crippen LogP contribution in [0.15, 0.2) is 10.6 Å². The van der Waals surface area contributed by atoms with E-state index in [0.717, 1.165) is 38.4 Å². The number of nitrogens with zero attached hydrogens (tertiary/aromatic N) is 1. The van der Waals surface area contributed by atoms with E-state index in [1.165, 1.54) is 0 Å². The number of hydrogen-bond acceptors (Lipinski definition) is 5. The third-order valence-electron chi connectivity index (χ3n) is 4.51. The molecule has 0 atom stereocenters. The van der Waals surface area contributed by atoms with Gasteiger partial charge in [-0.25, -0.2) is 0 Å². The minimum absolute atomic E-state index is 0.0921. The van der Waals surface area contributed by atoms with Crippen molar-refractivity contribution in [2.45, 2.75) is 64.8 Å². The van der Waals surface area contributed by atoms with Gasteiger partial charge in [0.15, 0.2) is 5.78 Å². The second-order valence-electron chi connectivity index (χ2n) is 8.09. The zero-order chi connectivity index (χ0) is 17.1. The minimum Gasteiger partial charge on any atom is -0.381 e. The van der Waals surface area contributed by atoms with Crippen molar-refractivity contribution in [3.8, 4) is 0 Å². The molecule has 1 aromatic heterocycles. The first-order valence-corrected chi connectivity index (χ1v) is 8.50. The number of hydrogen-bond donors (Lipinski definition) is 1. The first kappa shape index (κ1) is 18.1. The lowest BCUT2D eigenvalue weighted by atomic mass is 9.91. The molecule has 5 nitrogen and oxygen atoms in total. The molecule has 23 heavy (non-hydrogen) atoms. The molecule has 0 unspecified atom stereocenters.